The molecular formula is C23H26O8. The lowest BCUT2D eigenvalue weighted by Crippen LogP contribution is -2.14. The van der Waals surface area contributed by atoms with E-state index in [0.29, 0.717) is 45.3 Å². The van der Waals surface area contributed by atoms with E-state index in [9.17, 15) is 9.59 Å². The van der Waals surface area contributed by atoms with E-state index in [0.717, 1.165) is 6.08 Å². The predicted octanol–water partition coefficient (Wildman–Crippen LogP) is 3.78. The Morgan fingerprint density at radius 3 is 1.84 bits per heavy atom. The summed E-state index contributed by atoms with van der Waals surface area (Å²) in [4.78, 5) is 22.7. The van der Waals surface area contributed by atoms with Gasteiger partial charge in [0.1, 0.15) is 0 Å². The number of carbonyl (C=O) groups excluding carboxylic acids is 1. The van der Waals surface area contributed by atoms with Crippen LogP contribution in [0.1, 0.15) is 35.3 Å². The zero-order valence-corrected chi connectivity index (χ0v) is 18.3. The van der Waals surface area contributed by atoms with Crippen LogP contribution in [0.4, 0.5) is 0 Å². The fourth-order valence-electron chi connectivity index (χ4n) is 3.34. The number of ether oxygens (including phenoxy) is 5. The van der Waals surface area contributed by atoms with Crippen molar-refractivity contribution in [2.24, 2.45) is 0 Å². The predicted molar refractivity (Wildman–Crippen MR) is 114 cm³/mol. The highest BCUT2D eigenvalue weighted by Crippen LogP contribution is 2.52. The third kappa shape index (κ3) is 5.09. The molecule has 2 aromatic carbocycles. The van der Waals surface area contributed by atoms with Gasteiger partial charge in [-0.15, -0.1) is 0 Å². The second kappa shape index (κ2) is 10.4. The van der Waals surface area contributed by atoms with Crippen molar-refractivity contribution < 1.29 is 38.4 Å². The highest BCUT2D eigenvalue weighted by molar-refractivity contribution is 5.85. The van der Waals surface area contributed by atoms with Gasteiger partial charge < -0.3 is 28.8 Å². The molecule has 0 fully saturated rings. The smallest absolute Gasteiger partial charge is 0.328 e. The lowest BCUT2D eigenvalue weighted by Gasteiger charge is -2.26. The molecule has 0 aliphatic carbocycles. The molecule has 1 atom stereocenters. The summed E-state index contributed by atoms with van der Waals surface area (Å²) < 4.78 is 27.9. The molecule has 31 heavy (non-hydrogen) atoms. The number of aliphatic carboxylic acids is 1. The first-order valence-corrected chi connectivity index (χ1v) is 9.33. The van der Waals surface area contributed by atoms with Gasteiger partial charge in [0, 0.05) is 24.1 Å². The molecule has 1 unspecified atom stereocenters. The number of benzene rings is 2. The van der Waals surface area contributed by atoms with E-state index in [1.807, 2.05) is 0 Å². The van der Waals surface area contributed by atoms with Crippen LogP contribution in [0.25, 0.3) is 6.08 Å². The third-order valence-corrected chi connectivity index (χ3v) is 4.63. The maximum atomic E-state index is 12.0. The molecule has 0 aliphatic heterocycles. The van der Waals surface area contributed by atoms with Crippen LogP contribution in [0.3, 0.4) is 0 Å². The van der Waals surface area contributed by atoms with Gasteiger partial charge in [-0.05, 0) is 24.1 Å². The summed E-state index contributed by atoms with van der Waals surface area (Å²) in [6.45, 7) is 3.12. The third-order valence-electron chi connectivity index (χ3n) is 4.63. The van der Waals surface area contributed by atoms with Gasteiger partial charge in [-0.1, -0.05) is 24.3 Å². The van der Waals surface area contributed by atoms with Gasteiger partial charge in [-0.25, -0.2) is 4.79 Å². The van der Waals surface area contributed by atoms with E-state index in [1.165, 1.54) is 41.4 Å². The molecule has 0 bridgehead atoms. The molecule has 8 nitrogen and oxygen atoms in total. The van der Waals surface area contributed by atoms with Crippen molar-refractivity contribution in [1.82, 2.24) is 0 Å². The summed E-state index contributed by atoms with van der Waals surface area (Å²) in [5, 5.41) is 8.80. The van der Waals surface area contributed by atoms with Gasteiger partial charge in [-0.3, -0.25) is 4.79 Å². The van der Waals surface area contributed by atoms with Crippen molar-refractivity contribution in [2.45, 2.75) is 20.0 Å². The Morgan fingerprint density at radius 2 is 1.39 bits per heavy atom. The molecule has 0 saturated heterocycles. The molecule has 1 N–H and O–H groups in total. The second-order valence-electron chi connectivity index (χ2n) is 6.50. The van der Waals surface area contributed by atoms with Gasteiger partial charge in [0.25, 0.3) is 0 Å². The molecule has 0 saturated carbocycles. The van der Waals surface area contributed by atoms with Crippen LogP contribution >= 0.6 is 0 Å². The quantitative estimate of drug-likeness (QED) is 0.474. The first kappa shape index (κ1) is 23.6. The van der Waals surface area contributed by atoms with E-state index in [1.54, 1.807) is 31.2 Å². The minimum atomic E-state index is -1.04. The van der Waals surface area contributed by atoms with Crippen molar-refractivity contribution >= 4 is 18.0 Å². The Balaban J connectivity index is 2.74. The zero-order chi connectivity index (χ0) is 23.1. The average molecular weight is 430 g/mol. The molecule has 2 rings (SSSR count). The Bertz CT molecular complexity index is 976. The molecule has 0 aliphatic rings. The van der Waals surface area contributed by atoms with Crippen molar-refractivity contribution in [2.75, 3.05) is 28.4 Å². The van der Waals surface area contributed by atoms with Crippen molar-refractivity contribution in [3.8, 4) is 23.0 Å². The lowest BCUT2D eigenvalue weighted by atomic mass is 9.93. The van der Waals surface area contributed by atoms with Crippen LogP contribution in [0.15, 0.2) is 30.3 Å². The first-order valence-electron chi connectivity index (χ1n) is 9.33. The van der Waals surface area contributed by atoms with Crippen molar-refractivity contribution in [1.29, 1.82) is 0 Å². The first-order chi connectivity index (χ1) is 14.8. The van der Waals surface area contributed by atoms with Gasteiger partial charge in [0.05, 0.1) is 28.4 Å². The van der Waals surface area contributed by atoms with Crippen molar-refractivity contribution in [3.63, 3.8) is 0 Å². The Hall–Kier alpha value is -3.68. The van der Waals surface area contributed by atoms with E-state index in [2.05, 4.69) is 0 Å². The number of hydrogen-bond acceptors (Lipinski definition) is 7. The molecular weight excluding hydrogens is 404 g/mol. The Labute approximate surface area is 180 Å². The maximum Gasteiger partial charge on any atom is 0.328 e. The van der Waals surface area contributed by atoms with E-state index in [4.69, 9.17) is 28.8 Å². The van der Waals surface area contributed by atoms with Crippen molar-refractivity contribution in [3.05, 3.63) is 52.6 Å². The van der Waals surface area contributed by atoms with Crippen LogP contribution in [-0.4, -0.2) is 45.5 Å². The van der Waals surface area contributed by atoms with Gasteiger partial charge >= 0.3 is 11.9 Å². The topological polar surface area (TPSA) is 101 Å². The number of methoxy groups -OCH3 is 4. The summed E-state index contributed by atoms with van der Waals surface area (Å²) in [6, 6.07) is 6.95. The minimum Gasteiger partial charge on any atom is -0.492 e. The molecule has 0 heterocycles. The number of rotatable bonds is 9. The van der Waals surface area contributed by atoms with E-state index in [-0.39, 0.29) is 0 Å². The SMILES string of the molecule is COc1c(C)c(C(OC(C)=O)c2ccc(/C=C/C(=O)O)cc2)c(OC)c(OC)c1OC. The standard InChI is InChI=1S/C23H26O8/c1-13-18(21(28-4)23(30-6)22(29-5)19(13)27-3)20(31-14(2)24)16-10-7-15(8-11-16)9-12-17(25)26/h7-12,20H,1-6H3,(H,25,26)/b12-9+. The lowest BCUT2D eigenvalue weighted by molar-refractivity contribution is -0.144. The highest BCUT2D eigenvalue weighted by Gasteiger charge is 2.32. The maximum absolute atomic E-state index is 12.0. The van der Waals surface area contributed by atoms with Crippen LogP contribution in [0, 0.1) is 6.92 Å². The molecule has 0 amide bonds. The summed E-state index contributed by atoms with van der Waals surface area (Å²) in [5.41, 5.74) is 2.53. The number of hydrogen-bond donors (Lipinski definition) is 1. The number of esters is 1. The molecule has 2 aromatic rings. The Morgan fingerprint density at radius 1 is 0.871 bits per heavy atom. The van der Waals surface area contributed by atoms with E-state index < -0.39 is 18.0 Å². The molecule has 166 valence electrons. The zero-order valence-electron chi connectivity index (χ0n) is 18.3. The number of carboxylic acids is 1. The Kier molecular flexibility index (Phi) is 7.90. The van der Waals surface area contributed by atoms with Gasteiger partial charge in [0.2, 0.25) is 11.5 Å². The second-order valence-corrected chi connectivity index (χ2v) is 6.50. The van der Waals surface area contributed by atoms with Crippen LogP contribution in [0.5, 0.6) is 23.0 Å². The summed E-state index contributed by atoms with van der Waals surface area (Å²) in [5.74, 6) is -0.0961. The highest BCUT2D eigenvalue weighted by atomic mass is 16.6. The fourth-order valence-corrected chi connectivity index (χ4v) is 3.34. The number of carboxylic acid groups (broad SMARTS) is 1. The minimum absolute atomic E-state index is 0.306. The monoisotopic (exact) mass is 430 g/mol. The molecule has 0 radical (unpaired) electrons. The summed E-state index contributed by atoms with van der Waals surface area (Å²) in [7, 11) is 5.96. The normalized spacial score (nSPS) is 11.7. The van der Waals surface area contributed by atoms with Crippen LogP contribution < -0.4 is 18.9 Å². The van der Waals surface area contributed by atoms with E-state index >= 15 is 0 Å². The molecule has 8 heteroatoms. The molecule has 0 spiro atoms. The van der Waals surface area contributed by atoms with Crippen LogP contribution in [-0.2, 0) is 14.3 Å². The largest absolute Gasteiger partial charge is 0.492 e. The average Bonchev–Trinajstić information content (AvgIpc) is 2.75. The summed E-state index contributed by atoms with van der Waals surface area (Å²) in [6.07, 6.45) is 1.68. The molecule has 0 aromatic heterocycles. The fraction of sp³-hybridized carbons (Fsp3) is 0.304. The van der Waals surface area contributed by atoms with Gasteiger partial charge in [-0.2, -0.15) is 0 Å². The summed E-state index contributed by atoms with van der Waals surface area (Å²) >= 11 is 0. The number of carbonyl (C=O) groups is 2. The van der Waals surface area contributed by atoms with Crippen LogP contribution in [0.2, 0.25) is 0 Å². The van der Waals surface area contributed by atoms with Gasteiger partial charge in [0.15, 0.2) is 17.6 Å².